The lowest BCUT2D eigenvalue weighted by atomic mass is 10.0. The lowest BCUT2D eigenvalue weighted by Crippen LogP contribution is -1.97. The van der Waals surface area contributed by atoms with Crippen molar-refractivity contribution >= 4 is 55.3 Å². The van der Waals surface area contributed by atoms with Crippen molar-refractivity contribution in [2.24, 2.45) is 0 Å². The summed E-state index contributed by atoms with van der Waals surface area (Å²) in [6, 6.07) is 41.2. The molecule has 4 nitrogen and oxygen atoms in total. The van der Waals surface area contributed by atoms with Crippen molar-refractivity contribution in [1.29, 1.82) is 0 Å². The van der Waals surface area contributed by atoms with Crippen LogP contribution in [0.1, 0.15) is 19.8 Å². The van der Waals surface area contributed by atoms with Crippen LogP contribution < -0.4 is 0 Å². The highest BCUT2D eigenvalue weighted by molar-refractivity contribution is 6.12. The Hall–Kier alpha value is -5.35. The van der Waals surface area contributed by atoms with E-state index in [1.807, 2.05) is 6.08 Å². The van der Waals surface area contributed by atoms with Crippen molar-refractivity contribution in [3.05, 3.63) is 134 Å². The fourth-order valence-corrected chi connectivity index (χ4v) is 6.61. The molecule has 0 bridgehead atoms. The van der Waals surface area contributed by atoms with Gasteiger partial charge in [0.25, 0.3) is 0 Å². The second kappa shape index (κ2) is 9.64. The minimum Gasteiger partial charge on any atom is -0.313 e. The Labute approximate surface area is 244 Å². The van der Waals surface area contributed by atoms with E-state index in [4.69, 9.17) is 4.98 Å². The van der Waals surface area contributed by atoms with Crippen LogP contribution in [0.5, 0.6) is 0 Å². The second-order valence-corrected chi connectivity index (χ2v) is 10.8. The molecule has 0 aliphatic heterocycles. The maximum Gasteiger partial charge on any atom is 0.220 e. The molecule has 0 spiro atoms. The van der Waals surface area contributed by atoms with E-state index in [0.29, 0.717) is 0 Å². The van der Waals surface area contributed by atoms with Crippen LogP contribution in [0.3, 0.4) is 0 Å². The molecule has 0 atom stereocenters. The van der Waals surface area contributed by atoms with E-state index in [0.717, 1.165) is 46.4 Å². The number of imidazole rings is 2. The highest BCUT2D eigenvalue weighted by Crippen LogP contribution is 2.39. The molecule has 0 unspecified atom stereocenters. The van der Waals surface area contributed by atoms with E-state index in [2.05, 4.69) is 148 Å². The molecule has 5 aromatic carbocycles. The Balaban J connectivity index is 1.46. The van der Waals surface area contributed by atoms with Gasteiger partial charge in [0, 0.05) is 27.7 Å². The zero-order valence-electron chi connectivity index (χ0n) is 23.5. The molecule has 0 fully saturated rings. The van der Waals surface area contributed by atoms with Gasteiger partial charge in [-0.15, -0.1) is 0 Å². The number of hydrogen-bond donors (Lipinski definition) is 0. The van der Waals surface area contributed by atoms with Crippen molar-refractivity contribution in [3.63, 3.8) is 0 Å². The Morgan fingerprint density at radius 3 is 2.31 bits per heavy atom. The van der Waals surface area contributed by atoms with Crippen LogP contribution in [0.2, 0.25) is 0 Å². The number of aromatic nitrogens is 4. The maximum atomic E-state index is 5.12. The first kappa shape index (κ1) is 24.4. The minimum absolute atomic E-state index is 0.918. The normalized spacial score (nSPS) is 12.4. The van der Waals surface area contributed by atoms with Crippen molar-refractivity contribution in [2.75, 3.05) is 0 Å². The molecule has 0 aliphatic rings. The molecule has 4 heteroatoms. The topological polar surface area (TPSA) is 27.2 Å². The zero-order valence-corrected chi connectivity index (χ0v) is 23.5. The molecule has 8 aromatic rings. The molecule has 3 heterocycles. The number of allylic oxidation sites excluding steroid dienone is 3. The van der Waals surface area contributed by atoms with Crippen molar-refractivity contribution < 1.29 is 0 Å². The number of rotatable bonds is 6. The smallest absolute Gasteiger partial charge is 0.220 e. The van der Waals surface area contributed by atoms with E-state index in [1.165, 1.54) is 38.6 Å². The van der Waals surface area contributed by atoms with Crippen LogP contribution in [-0.4, -0.2) is 18.5 Å². The molecule has 0 saturated carbocycles. The summed E-state index contributed by atoms with van der Waals surface area (Å²) in [6.07, 6.45) is 6.11. The Bertz CT molecular complexity index is 2330. The standard InChI is InChI=1S/C38H30N4/c1-3-13-27(14-4-2)40-33-20-10-8-17-30(33)31-25-26(23-24-34(31)40)29-18-12-22-36-37(29)41(28-15-6-5-7-16-28)38-39-32-19-9-11-21-35(32)42(36)38/h3,5-13,15-25H,1,4,14H2,2H3/b27-13+. The molecule has 0 N–H and O–H groups in total. The van der Waals surface area contributed by atoms with Gasteiger partial charge < -0.3 is 4.57 Å². The van der Waals surface area contributed by atoms with E-state index >= 15 is 0 Å². The third-order valence-corrected chi connectivity index (χ3v) is 8.32. The van der Waals surface area contributed by atoms with Gasteiger partial charge in [-0.1, -0.05) is 92.7 Å². The van der Waals surface area contributed by atoms with E-state index in [1.54, 1.807) is 0 Å². The summed E-state index contributed by atoms with van der Waals surface area (Å²) in [5.41, 5.74) is 11.6. The number of hydrogen-bond acceptors (Lipinski definition) is 1. The maximum absolute atomic E-state index is 5.12. The summed E-state index contributed by atoms with van der Waals surface area (Å²) in [5.74, 6) is 0.918. The van der Waals surface area contributed by atoms with Crippen molar-refractivity contribution in [3.8, 4) is 16.8 Å². The van der Waals surface area contributed by atoms with Crippen LogP contribution in [0.15, 0.2) is 134 Å². The highest BCUT2D eigenvalue weighted by atomic mass is 15.2. The molecule has 0 saturated heterocycles. The predicted octanol–water partition coefficient (Wildman–Crippen LogP) is 10.0. The first-order valence-electron chi connectivity index (χ1n) is 14.6. The van der Waals surface area contributed by atoms with Gasteiger partial charge in [0.2, 0.25) is 5.78 Å². The summed E-state index contributed by atoms with van der Waals surface area (Å²) in [7, 11) is 0. The lowest BCUT2D eigenvalue weighted by molar-refractivity contribution is 0.926. The number of para-hydroxylation sites is 5. The summed E-state index contributed by atoms with van der Waals surface area (Å²) in [4.78, 5) is 5.12. The van der Waals surface area contributed by atoms with Crippen LogP contribution in [0.25, 0.3) is 72.2 Å². The summed E-state index contributed by atoms with van der Waals surface area (Å²) < 4.78 is 7.01. The van der Waals surface area contributed by atoms with Crippen molar-refractivity contribution in [1.82, 2.24) is 18.5 Å². The number of nitrogens with zero attached hydrogens (tertiary/aromatic N) is 4. The van der Waals surface area contributed by atoms with Crippen molar-refractivity contribution in [2.45, 2.75) is 19.8 Å². The lowest BCUT2D eigenvalue weighted by Gasteiger charge is -2.12. The number of benzene rings is 5. The van der Waals surface area contributed by atoms with Crippen LogP contribution in [-0.2, 0) is 0 Å². The quantitative estimate of drug-likeness (QED) is 0.192. The average Bonchev–Trinajstić information content (AvgIpc) is 3.68. The molecular weight excluding hydrogens is 512 g/mol. The van der Waals surface area contributed by atoms with E-state index in [-0.39, 0.29) is 0 Å². The molecule has 8 rings (SSSR count). The fourth-order valence-electron chi connectivity index (χ4n) is 6.61. The third kappa shape index (κ3) is 3.52. The molecule has 3 aromatic heterocycles. The molecule has 0 radical (unpaired) electrons. The second-order valence-electron chi connectivity index (χ2n) is 10.8. The van der Waals surface area contributed by atoms with Gasteiger partial charge >= 0.3 is 0 Å². The summed E-state index contributed by atoms with van der Waals surface area (Å²) in [6.45, 7) is 6.23. The van der Waals surface area contributed by atoms with Crippen LogP contribution in [0, 0.1) is 0 Å². The van der Waals surface area contributed by atoms with Gasteiger partial charge in [0.15, 0.2) is 0 Å². The number of fused-ring (bicyclic) bond motifs is 8. The summed E-state index contributed by atoms with van der Waals surface area (Å²) in [5, 5.41) is 2.51. The monoisotopic (exact) mass is 542 g/mol. The summed E-state index contributed by atoms with van der Waals surface area (Å²) >= 11 is 0. The molecular formula is C38H30N4. The Morgan fingerprint density at radius 1 is 0.738 bits per heavy atom. The van der Waals surface area contributed by atoms with Crippen LogP contribution >= 0.6 is 0 Å². The first-order valence-corrected chi connectivity index (χ1v) is 14.6. The Kier molecular flexibility index (Phi) is 5.61. The third-order valence-electron chi connectivity index (χ3n) is 8.32. The van der Waals surface area contributed by atoms with Crippen LogP contribution in [0.4, 0.5) is 0 Å². The SMILES string of the molecule is C=C/C=C(\CCC)n1c2ccccc2c2cc(-c3cccc4c3n(-c3ccccc3)c3nc5ccccc5n43)ccc21. The molecule has 202 valence electrons. The molecule has 0 aliphatic carbocycles. The van der Waals surface area contributed by atoms with Gasteiger partial charge in [-0.05, 0) is 66.6 Å². The van der Waals surface area contributed by atoms with Gasteiger partial charge in [0.1, 0.15) is 0 Å². The first-order chi connectivity index (χ1) is 20.8. The van der Waals surface area contributed by atoms with Gasteiger partial charge in [0.05, 0.1) is 33.1 Å². The van der Waals surface area contributed by atoms with E-state index < -0.39 is 0 Å². The van der Waals surface area contributed by atoms with Gasteiger partial charge in [-0.2, -0.15) is 0 Å². The Morgan fingerprint density at radius 2 is 1.48 bits per heavy atom. The van der Waals surface area contributed by atoms with E-state index in [9.17, 15) is 0 Å². The largest absolute Gasteiger partial charge is 0.313 e. The van der Waals surface area contributed by atoms with Gasteiger partial charge in [-0.25, -0.2) is 4.98 Å². The zero-order chi connectivity index (χ0) is 28.2. The minimum atomic E-state index is 0.918. The highest BCUT2D eigenvalue weighted by Gasteiger charge is 2.21. The predicted molar refractivity (Wildman–Crippen MR) is 177 cm³/mol. The van der Waals surface area contributed by atoms with Gasteiger partial charge in [-0.3, -0.25) is 8.97 Å². The molecule has 0 amide bonds. The fraction of sp³-hybridized carbons (Fsp3) is 0.0789. The average molecular weight is 543 g/mol. The molecule has 42 heavy (non-hydrogen) atoms.